The summed E-state index contributed by atoms with van der Waals surface area (Å²) < 4.78 is 27.5. The van der Waals surface area contributed by atoms with Gasteiger partial charge in [0.25, 0.3) is 0 Å². The Bertz CT molecular complexity index is 1050. The van der Waals surface area contributed by atoms with Crippen LogP contribution in [0.25, 0.3) is 0 Å². The lowest BCUT2D eigenvalue weighted by molar-refractivity contribution is 0.207. The lowest BCUT2D eigenvalue weighted by Crippen LogP contribution is -2.50. The lowest BCUT2D eigenvalue weighted by Gasteiger charge is -2.35. The van der Waals surface area contributed by atoms with Crippen LogP contribution in [0.15, 0.2) is 48.7 Å². The van der Waals surface area contributed by atoms with Crippen LogP contribution < -0.4 is 15.5 Å². The van der Waals surface area contributed by atoms with Gasteiger partial charge in [-0.1, -0.05) is 6.07 Å². The van der Waals surface area contributed by atoms with Gasteiger partial charge in [0, 0.05) is 32.4 Å². The van der Waals surface area contributed by atoms with E-state index in [0.29, 0.717) is 43.6 Å². The van der Waals surface area contributed by atoms with Crippen LogP contribution in [0, 0.1) is 18.6 Å². The normalized spacial score (nSPS) is 13.8. The molecule has 1 fully saturated rings. The van der Waals surface area contributed by atoms with Gasteiger partial charge in [0.2, 0.25) is 0 Å². The first-order valence-corrected chi connectivity index (χ1v) is 9.78. The van der Waals surface area contributed by atoms with Crippen molar-refractivity contribution in [3.63, 3.8) is 0 Å². The van der Waals surface area contributed by atoms with Gasteiger partial charge in [-0.15, -0.1) is 10.2 Å². The molecule has 1 aromatic carbocycles. The highest BCUT2D eigenvalue weighted by Gasteiger charge is 2.23. The first kappa shape index (κ1) is 20.5. The van der Waals surface area contributed by atoms with Crippen LogP contribution in [-0.4, -0.2) is 52.3 Å². The first-order valence-electron chi connectivity index (χ1n) is 9.78. The second kappa shape index (κ2) is 8.90. The van der Waals surface area contributed by atoms with E-state index in [-0.39, 0.29) is 0 Å². The number of urea groups is 1. The Morgan fingerprint density at radius 2 is 1.71 bits per heavy atom. The van der Waals surface area contributed by atoms with E-state index in [9.17, 15) is 13.6 Å². The van der Waals surface area contributed by atoms with Crippen LogP contribution in [0.3, 0.4) is 0 Å². The van der Waals surface area contributed by atoms with Crippen molar-refractivity contribution >= 4 is 29.2 Å². The summed E-state index contributed by atoms with van der Waals surface area (Å²) in [5, 5.41) is 13.9. The van der Waals surface area contributed by atoms with Crippen molar-refractivity contribution in [3.05, 3.63) is 65.9 Å². The van der Waals surface area contributed by atoms with E-state index < -0.39 is 23.4 Å². The van der Waals surface area contributed by atoms with E-state index in [1.54, 1.807) is 6.20 Å². The summed E-state index contributed by atoms with van der Waals surface area (Å²) in [6.45, 7) is 3.80. The fourth-order valence-electron chi connectivity index (χ4n) is 3.24. The Labute approximate surface area is 177 Å². The van der Waals surface area contributed by atoms with Crippen molar-refractivity contribution in [3.8, 4) is 0 Å². The van der Waals surface area contributed by atoms with E-state index in [1.165, 1.54) is 11.0 Å². The predicted molar refractivity (Wildman–Crippen MR) is 113 cm³/mol. The molecule has 1 aliphatic rings. The maximum Gasteiger partial charge on any atom is 0.322 e. The quantitative estimate of drug-likeness (QED) is 0.665. The molecule has 4 rings (SSSR count). The zero-order valence-electron chi connectivity index (χ0n) is 16.8. The Morgan fingerprint density at radius 1 is 0.968 bits per heavy atom. The molecule has 0 saturated carbocycles. The predicted octanol–water partition coefficient (Wildman–Crippen LogP) is 3.56. The molecule has 0 radical (unpaired) electrons. The molecule has 160 valence electrons. The molecule has 3 aromatic rings. The van der Waals surface area contributed by atoms with Crippen molar-refractivity contribution < 1.29 is 13.6 Å². The zero-order valence-corrected chi connectivity index (χ0v) is 16.8. The van der Waals surface area contributed by atoms with E-state index >= 15 is 0 Å². The number of para-hydroxylation sites is 1. The molecule has 3 heterocycles. The molecule has 0 unspecified atom stereocenters. The molecule has 2 aromatic heterocycles. The molecule has 31 heavy (non-hydrogen) atoms. The van der Waals surface area contributed by atoms with Crippen molar-refractivity contribution in [1.29, 1.82) is 0 Å². The molecule has 2 N–H and O–H groups in total. The van der Waals surface area contributed by atoms with Gasteiger partial charge in [0.1, 0.15) is 23.1 Å². The van der Waals surface area contributed by atoms with Crippen LogP contribution in [-0.2, 0) is 0 Å². The third-order valence-corrected chi connectivity index (χ3v) is 4.91. The number of amides is 2. The summed E-state index contributed by atoms with van der Waals surface area (Å²) in [7, 11) is 0. The minimum atomic E-state index is -0.808. The number of carbonyl (C=O) groups is 1. The summed E-state index contributed by atoms with van der Waals surface area (Å²) in [6, 6.07) is 10.4. The summed E-state index contributed by atoms with van der Waals surface area (Å²) >= 11 is 0. The summed E-state index contributed by atoms with van der Waals surface area (Å²) in [4.78, 5) is 20.1. The number of halogens is 2. The second-order valence-corrected chi connectivity index (χ2v) is 7.12. The monoisotopic (exact) mass is 425 g/mol. The Hall–Kier alpha value is -3.82. The average Bonchev–Trinajstić information content (AvgIpc) is 2.77. The molecule has 1 aliphatic heterocycles. The first-order chi connectivity index (χ1) is 15.0. The number of pyridine rings is 1. The molecule has 0 bridgehead atoms. The highest BCUT2D eigenvalue weighted by Crippen LogP contribution is 2.20. The molecule has 0 aliphatic carbocycles. The fourth-order valence-corrected chi connectivity index (χ4v) is 3.24. The number of rotatable bonds is 4. The number of anilines is 4. The smallest absolute Gasteiger partial charge is 0.322 e. The lowest BCUT2D eigenvalue weighted by atomic mass is 10.3. The van der Waals surface area contributed by atoms with Gasteiger partial charge in [0.05, 0.1) is 0 Å². The molecule has 2 amide bonds. The van der Waals surface area contributed by atoms with Gasteiger partial charge in [-0.05, 0) is 48.9 Å². The minimum Gasteiger partial charge on any atom is -0.352 e. The van der Waals surface area contributed by atoms with Gasteiger partial charge in [-0.25, -0.2) is 18.6 Å². The minimum absolute atomic E-state index is 0.386. The fraction of sp³-hybridized carbons (Fsp3) is 0.238. The number of benzene rings is 1. The topological polar surface area (TPSA) is 86.3 Å². The molecule has 1 saturated heterocycles. The van der Waals surface area contributed by atoms with E-state index in [0.717, 1.165) is 17.7 Å². The number of hydrogen-bond donors (Lipinski definition) is 2. The summed E-state index contributed by atoms with van der Waals surface area (Å²) in [6.07, 6.45) is 1.72. The number of nitrogens with zero attached hydrogens (tertiary/aromatic N) is 5. The van der Waals surface area contributed by atoms with Gasteiger partial charge in [-0.3, -0.25) is 0 Å². The average molecular weight is 425 g/mol. The highest BCUT2D eigenvalue weighted by atomic mass is 19.1. The van der Waals surface area contributed by atoms with Crippen molar-refractivity contribution in [2.75, 3.05) is 41.7 Å². The molecule has 0 atom stereocenters. The Morgan fingerprint density at radius 3 is 2.35 bits per heavy atom. The summed E-state index contributed by atoms with van der Waals surface area (Å²) in [5.41, 5.74) is 0.647. The molecular formula is C21H21F2N7O. The SMILES string of the molecule is Cc1ccnc(Nc2ccc(N3CCN(C(=O)Nc4c(F)cccc4F)CC3)nn2)c1. The van der Waals surface area contributed by atoms with Gasteiger partial charge >= 0.3 is 6.03 Å². The van der Waals surface area contributed by atoms with Gasteiger partial charge < -0.3 is 20.4 Å². The maximum atomic E-state index is 13.7. The molecular weight excluding hydrogens is 404 g/mol. The third kappa shape index (κ3) is 4.85. The number of hydrogen-bond acceptors (Lipinski definition) is 6. The number of carbonyl (C=O) groups excluding carboxylic acids is 1. The molecule has 0 spiro atoms. The highest BCUT2D eigenvalue weighted by molar-refractivity contribution is 5.89. The van der Waals surface area contributed by atoms with Crippen LogP contribution in [0.1, 0.15) is 5.56 Å². The number of aromatic nitrogens is 3. The van der Waals surface area contributed by atoms with Crippen LogP contribution in [0.4, 0.5) is 36.7 Å². The molecule has 10 heteroatoms. The Balaban J connectivity index is 1.32. The van der Waals surface area contributed by atoms with Gasteiger partial charge in [0.15, 0.2) is 11.6 Å². The number of nitrogens with one attached hydrogen (secondary N) is 2. The number of aryl methyl sites for hydroxylation is 1. The second-order valence-electron chi connectivity index (χ2n) is 7.12. The van der Waals surface area contributed by atoms with E-state index in [1.807, 2.05) is 36.1 Å². The maximum absolute atomic E-state index is 13.7. The van der Waals surface area contributed by atoms with Crippen molar-refractivity contribution in [2.24, 2.45) is 0 Å². The van der Waals surface area contributed by atoms with Crippen molar-refractivity contribution in [1.82, 2.24) is 20.1 Å². The largest absolute Gasteiger partial charge is 0.352 e. The Kier molecular flexibility index (Phi) is 5.87. The van der Waals surface area contributed by atoms with Crippen LogP contribution >= 0.6 is 0 Å². The number of piperazine rings is 1. The standard InChI is InChI=1S/C21H21F2N7O/c1-14-7-8-24-18(13-14)25-17-5-6-19(28-27-17)29-9-11-30(12-10-29)21(31)26-20-15(22)3-2-4-16(20)23/h2-8,13H,9-12H2,1H3,(H,26,31)(H,24,25,27). The van der Waals surface area contributed by atoms with Crippen LogP contribution in [0.5, 0.6) is 0 Å². The third-order valence-electron chi connectivity index (χ3n) is 4.91. The van der Waals surface area contributed by atoms with Crippen LogP contribution in [0.2, 0.25) is 0 Å². The van der Waals surface area contributed by atoms with E-state index in [4.69, 9.17) is 0 Å². The molecule has 8 nitrogen and oxygen atoms in total. The summed E-state index contributed by atoms with van der Waals surface area (Å²) in [5.74, 6) is 0.330. The van der Waals surface area contributed by atoms with Gasteiger partial charge in [-0.2, -0.15) is 0 Å². The van der Waals surface area contributed by atoms with Crippen molar-refractivity contribution in [2.45, 2.75) is 6.92 Å². The van der Waals surface area contributed by atoms with E-state index in [2.05, 4.69) is 25.8 Å². The zero-order chi connectivity index (χ0) is 21.8.